The van der Waals surface area contributed by atoms with Crippen molar-refractivity contribution in [2.24, 2.45) is 0 Å². The van der Waals surface area contributed by atoms with Gasteiger partial charge in [0.05, 0.1) is 12.7 Å². The highest BCUT2D eigenvalue weighted by Gasteiger charge is 2.21. The lowest BCUT2D eigenvalue weighted by molar-refractivity contribution is 0.0116. The first-order valence-corrected chi connectivity index (χ1v) is 6.50. The molecule has 0 aromatic rings. The molecule has 1 N–H and O–H groups in total. The summed E-state index contributed by atoms with van der Waals surface area (Å²) in [7, 11) is 2.22. The van der Waals surface area contributed by atoms with E-state index in [-0.39, 0.29) is 0 Å². The quantitative estimate of drug-likeness (QED) is 0.734. The largest absolute Gasteiger partial charge is 0.376 e. The molecule has 2 aliphatic heterocycles. The molecule has 16 heavy (non-hydrogen) atoms. The van der Waals surface area contributed by atoms with Crippen molar-refractivity contribution in [1.82, 2.24) is 15.1 Å². The van der Waals surface area contributed by atoms with Crippen LogP contribution in [-0.2, 0) is 4.74 Å². The summed E-state index contributed by atoms with van der Waals surface area (Å²) in [5.41, 5.74) is 0. The molecule has 0 radical (unpaired) electrons. The lowest BCUT2D eigenvalue weighted by atomic mass is 10.1. The molecule has 4 heteroatoms. The van der Waals surface area contributed by atoms with Crippen LogP contribution >= 0.6 is 0 Å². The van der Waals surface area contributed by atoms with Crippen molar-refractivity contribution in [3.63, 3.8) is 0 Å². The second kappa shape index (κ2) is 5.96. The van der Waals surface area contributed by atoms with Crippen molar-refractivity contribution in [3.8, 4) is 0 Å². The van der Waals surface area contributed by atoms with Crippen LogP contribution in [0.2, 0.25) is 0 Å². The molecule has 0 aromatic carbocycles. The molecule has 2 heterocycles. The molecule has 0 saturated carbocycles. The molecule has 2 unspecified atom stereocenters. The Hall–Kier alpha value is -0.160. The van der Waals surface area contributed by atoms with Gasteiger partial charge in [-0.15, -0.1) is 0 Å². The lowest BCUT2D eigenvalue weighted by Gasteiger charge is -2.38. The Morgan fingerprint density at radius 3 is 2.94 bits per heavy atom. The number of hydrogen-bond donors (Lipinski definition) is 1. The summed E-state index contributed by atoms with van der Waals surface area (Å²) in [6.07, 6.45) is 1.60. The van der Waals surface area contributed by atoms with E-state index < -0.39 is 0 Å². The Kier molecular flexibility index (Phi) is 4.58. The zero-order valence-electron chi connectivity index (χ0n) is 10.6. The number of hydrogen-bond acceptors (Lipinski definition) is 4. The summed E-state index contributed by atoms with van der Waals surface area (Å²) < 4.78 is 5.72. The summed E-state index contributed by atoms with van der Waals surface area (Å²) in [6.45, 7) is 10.0. The van der Waals surface area contributed by atoms with Crippen molar-refractivity contribution in [3.05, 3.63) is 0 Å². The predicted molar refractivity (Wildman–Crippen MR) is 65.8 cm³/mol. The fourth-order valence-corrected chi connectivity index (χ4v) is 2.46. The smallest absolute Gasteiger partial charge is 0.0712 e. The fourth-order valence-electron chi connectivity index (χ4n) is 2.46. The van der Waals surface area contributed by atoms with Crippen molar-refractivity contribution in [2.45, 2.75) is 25.5 Å². The number of likely N-dealkylation sites (N-methyl/N-ethyl adjacent to an activating group) is 1. The van der Waals surface area contributed by atoms with Crippen LogP contribution in [0.15, 0.2) is 0 Å². The maximum atomic E-state index is 5.72. The molecule has 0 aliphatic carbocycles. The van der Waals surface area contributed by atoms with Crippen LogP contribution in [0.3, 0.4) is 0 Å². The maximum absolute atomic E-state index is 5.72. The number of rotatable bonds is 3. The average molecular weight is 227 g/mol. The molecule has 0 spiro atoms. The van der Waals surface area contributed by atoms with Crippen LogP contribution in [-0.4, -0.2) is 74.9 Å². The lowest BCUT2D eigenvalue weighted by Crippen LogP contribution is -2.51. The van der Waals surface area contributed by atoms with Crippen LogP contribution < -0.4 is 5.32 Å². The van der Waals surface area contributed by atoms with Gasteiger partial charge < -0.3 is 19.9 Å². The van der Waals surface area contributed by atoms with Gasteiger partial charge in [-0.25, -0.2) is 0 Å². The molecule has 2 fully saturated rings. The molecular weight excluding hydrogens is 202 g/mol. The van der Waals surface area contributed by atoms with Crippen LogP contribution in [0.1, 0.15) is 13.3 Å². The van der Waals surface area contributed by atoms with Gasteiger partial charge in [0, 0.05) is 45.3 Å². The Bertz CT molecular complexity index is 206. The number of ether oxygens (including phenoxy) is 1. The van der Waals surface area contributed by atoms with Gasteiger partial charge in [0.25, 0.3) is 0 Å². The molecule has 2 rings (SSSR count). The van der Waals surface area contributed by atoms with Crippen LogP contribution in [0, 0.1) is 0 Å². The van der Waals surface area contributed by atoms with E-state index in [1.54, 1.807) is 0 Å². The summed E-state index contributed by atoms with van der Waals surface area (Å²) in [4.78, 5) is 5.01. The van der Waals surface area contributed by atoms with E-state index in [4.69, 9.17) is 4.74 Å². The number of nitrogens with one attached hydrogen (secondary N) is 1. The fraction of sp³-hybridized carbons (Fsp3) is 1.00. The standard InChI is InChI=1S/C12H25N3O/c1-11-10-15(7-6-14(11)2)5-3-12-9-13-4-8-16-12/h11-13H,3-10H2,1-2H3. The monoisotopic (exact) mass is 227 g/mol. The van der Waals surface area contributed by atoms with Crippen LogP contribution in [0.5, 0.6) is 0 Å². The molecule has 94 valence electrons. The number of nitrogens with zero attached hydrogens (tertiary/aromatic N) is 2. The van der Waals surface area contributed by atoms with E-state index in [9.17, 15) is 0 Å². The van der Waals surface area contributed by atoms with Crippen molar-refractivity contribution < 1.29 is 4.74 Å². The predicted octanol–water partition coefficient (Wildman–Crippen LogP) is 0.000800. The van der Waals surface area contributed by atoms with E-state index in [1.165, 1.54) is 32.6 Å². The van der Waals surface area contributed by atoms with Gasteiger partial charge >= 0.3 is 0 Å². The van der Waals surface area contributed by atoms with E-state index in [2.05, 4.69) is 29.1 Å². The maximum Gasteiger partial charge on any atom is 0.0712 e. The molecule has 0 bridgehead atoms. The van der Waals surface area contributed by atoms with Crippen molar-refractivity contribution in [2.75, 3.05) is 52.9 Å². The summed E-state index contributed by atoms with van der Waals surface area (Å²) in [5, 5.41) is 3.39. The van der Waals surface area contributed by atoms with E-state index in [0.717, 1.165) is 19.7 Å². The Morgan fingerprint density at radius 1 is 1.38 bits per heavy atom. The SMILES string of the molecule is CC1CN(CCC2CNCCO2)CCN1C. The van der Waals surface area contributed by atoms with Gasteiger partial charge in [0.1, 0.15) is 0 Å². The average Bonchev–Trinajstić information content (AvgIpc) is 2.32. The van der Waals surface area contributed by atoms with Crippen LogP contribution in [0.4, 0.5) is 0 Å². The number of piperazine rings is 1. The minimum Gasteiger partial charge on any atom is -0.376 e. The minimum atomic E-state index is 0.434. The van der Waals surface area contributed by atoms with Gasteiger partial charge in [-0.2, -0.15) is 0 Å². The molecule has 0 aromatic heterocycles. The second-order valence-electron chi connectivity index (χ2n) is 5.12. The zero-order valence-corrected chi connectivity index (χ0v) is 10.6. The third-order valence-corrected chi connectivity index (χ3v) is 3.82. The van der Waals surface area contributed by atoms with E-state index in [1.807, 2.05) is 0 Å². The Balaban J connectivity index is 1.65. The van der Waals surface area contributed by atoms with Crippen molar-refractivity contribution >= 4 is 0 Å². The Labute approximate surface area is 98.9 Å². The van der Waals surface area contributed by atoms with Gasteiger partial charge in [-0.3, -0.25) is 0 Å². The minimum absolute atomic E-state index is 0.434. The highest BCUT2D eigenvalue weighted by molar-refractivity contribution is 4.78. The van der Waals surface area contributed by atoms with Gasteiger partial charge in [-0.05, 0) is 20.4 Å². The summed E-state index contributed by atoms with van der Waals surface area (Å²) >= 11 is 0. The third-order valence-electron chi connectivity index (χ3n) is 3.82. The van der Waals surface area contributed by atoms with Gasteiger partial charge in [0.2, 0.25) is 0 Å². The Morgan fingerprint density at radius 2 is 2.25 bits per heavy atom. The molecule has 2 atom stereocenters. The topological polar surface area (TPSA) is 27.7 Å². The summed E-state index contributed by atoms with van der Waals surface area (Å²) in [5.74, 6) is 0. The van der Waals surface area contributed by atoms with Gasteiger partial charge in [0.15, 0.2) is 0 Å². The van der Waals surface area contributed by atoms with Gasteiger partial charge in [-0.1, -0.05) is 0 Å². The van der Waals surface area contributed by atoms with Crippen molar-refractivity contribution in [1.29, 1.82) is 0 Å². The molecule has 2 aliphatic rings. The van der Waals surface area contributed by atoms with E-state index >= 15 is 0 Å². The van der Waals surface area contributed by atoms with E-state index in [0.29, 0.717) is 12.1 Å². The molecule has 4 nitrogen and oxygen atoms in total. The zero-order chi connectivity index (χ0) is 11.4. The highest BCUT2D eigenvalue weighted by atomic mass is 16.5. The first kappa shape index (κ1) is 12.3. The third kappa shape index (κ3) is 3.42. The second-order valence-corrected chi connectivity index (χ2v) is 5.12. The number of morpholine rings is 1. The summed E-state index contributed by atoms with van der Waals surface area (Å²) in [6, 6.07) is 0.694. The molecule has 0 amide bonds. The highest BCUT2D eigenvalue weighted by Crippen LogP contribution is 2.09. The normalized spacial score (nSPS) is 34.1. The van der Waals surface area contributed by atoms with Crippen LogP contribution in [0.25, 0.3) is 0 Å². The first-order valence-electron chi connectivity index (χ1n) is 6.50. The first-order chi connectivity index (χ1) is 7.75. The molecule has 2 saturated heterocycles. The molecular formula is C12H25N3O.